The molecule has 0 aliphatic carbocycles. The molecule has 2 rings (SSSR count). The zero-order chi connectivity index (χ0) is 13.0. The van der Waals surface area contributed by atoms with Crippen LogP contribution in [0.15, 0.2) is 0 Å². The summed E-state index contributed by atoms with van der Waals surface area (Å²) in [6.07, 6.45) is 2.69. The molecule has 0 atom stereocenters. The molecule has 1 fully saturated rings. The fourth-order valence-electron chi connectivity index (χ4n) is 1.97. The van der Waals surface area contributed by atoms with E-state index < -0.39 is 0 Å². The molecule has 0 spiro atoms. The number of carbonyl (C=O) groups excluding carboxylic acids is 1. The molecule has 6 heteroatoms. The first-order valence-electron chi connectivity index (χ1n) is 6.40. The summed E-state index contributed by atoms with van der Waals surface area (Å²) < 4.78 is 5.33. The van der Waals surface area contributed by atoms with Gasteiger partial charge in [-0.15, -0.1) is 5.10 Å². The molecule has 1 aliphatic rings. The normalized spacial score (nSPS) is 18.6. The Morgan fingerprint density at radius 2 is 2.22 bits per heavy atom. The number of aromatic nitrogens is 3. The zero-order valence-electron chi connectivity index (χ0n) is 11.0. The van der Waals surface area contributed by atoms with Gasteiger partial charge in [-0.2, -0.15) is 0 Å². The number of carbonyl (C=O) groups is 1. The van der Waals surface area contributed by atoms with Crippen molar-refractivity contribution >= 4 is 5.91 Å². The van der Waals surface area contributed by atoms with E-state index in [1.165, 1.54) is 0 Å². The molecule has 1 saturated heterocycles. The molecule has 18 heavy (non-hydrogen) atoms. The molecule has 1 aromatic heterocycles. The smallest absolute Gasteiger partial charge is 0.290 e. The third kappa shape index (κ3) is 3.07. The quantitative estimate of drug-likeness (QED) is 0.835. The van der Waals surface area contributed by atoms with Gasteiger partial charge in [-0.3, -0.25) is 9.89 Å². The van der Waals surface area contributed by atoms with Crippen LogP contribution in [0.25, 0.3) is 0 Å². The second-order valence-corrected chi connectivity index (χ2v) is 5.06. The van der Waals surface area contributed by atoms with Crippen LogP contribution in [-0.2, 0) is 11.2 Å². The Morgan fingerprint density at radius 3 is 2.83 bits per heavy atom. The molecule has 0 radical (unpaired) electrons. The molecular weight excluding hydrogens is 232 g/mol. The maximum atomic E-state index is 11.9. The van der Waals surface area contributed by atoms with Crippen LogP contribution in [0.4, 0.5) is 0 Å². The monoisotopic (exact) mass is 252 g/mol. The van der Waals surface area contributed by atoms with Gasteiger partial charge >= 0.3 is 0 Å². The summed E-state index contributed by atoms with van der Waals surface area (Å²) in [6.45, 7) is 6.32. The van der Waals surface area contributed by atoms with Crippen molar-refractivity contribution < 1.29 is 9.53 Å². The number of hydrogen-bond acceptors (Lipinski definition) is 4. The summed E-state index contributed by atoms with van der Waals surface area (Å²) in [7, 11) is 0. The Hall–Kier alpha value is -1.43. The van der Waals surface area contributed by atoms with Crippen molar-refractivity contribution in [1.29, 1.82) is 0 Å². The number of rotatable bonds is 4. The predicted octanol–water partition coefficient (Wildman–Crippen LogP) is 0.914. The highest BCUT2D eigenvalue weighted by Gasteiger charge is 2.28. The van der Waals surface area contributed by atoms with Gasteiger partial charge in [0.25, 0.3) is 5.91 Å². The van der Waals surface area contributed by atoms with Gasteiger partial charge in [0, 0.05) is 26.2 Å². The Balaban J connectivity index is 1.87. The number of nitrogens with zero attached hydrogens (tertiary/aromatic N) is 2. The molecule has 2 N–H and O–H groups in total. The SMILES string of the molecule is CCc1nc(C(=O)NCC2(C)CCOCC2)n[nH]1. The maximum Gasteiger partial charge on any atom is 0.290 e. The van der Waals surface area contributed by atoms with Crippen LogP contribution >= 0.6 is 0 Å². The lowest BCUT2D eigenvalue weighted by atomic mass is 9.82. The van der Waals surface area contributed by atoms with Crippen LogP contribution < -0.4 is 5.32 Å². The second-order valence-electron chi connectivity index (χ2n) is 5.06. The highest BCUT2D eigenvalue weighted by molar-refractivity contribution is 5.90. The van der Waals surface area contributed by atoms with Crippen molar-refractivity contribution in [2.24, 2.45) is 5.41 Å². The van der Waals surface area contributed by atoms with E-state index in [2.05, 4.69) is 27.4 Å². The minimum Gasteiger partial charge on any atom is -0.381 e. The molecule has 6 nitrogen and oxygen atoms in total. The van der Waals surface area contributed by atoms with Gasteiger partial charge in [-0.05, 0) is 18.3 Å². The minimum atomic E-state index is -0.210. The Labute approximate surface area is 107 Å². The highest BCUT2D eigenvalue weighted by atomic mass is 16.5. The highest BCUT2D eigenvalue weighted by Crippen LogP contribution is 2.28. The Kier molecular flexibility index (Phi) is 3.96. The molecule has 0 bridgehead atoms. The summed E-state index contributed by atoms with van der Waals surface area (Å²) in [5.74, 6) is 0.749. The minimum absolute atomic E-state index is 0.123. The van der Waals surface area contributed by atoms with Crippen molar-refractivity contribution in [3.05, 3.63) is 11.6 Å². The second kappa shape index (κ2) is 5.48. The van der Waals surface area contributed by atoms with Crippen LogP contribution in [-0.4, -0.2) is 40.8 Å². The number of aromatic amines is 1. The maximum absolute atomic E-state index is 11.9. The number of H-pyrrole nitrogens is 1. The topological polar surface area (TPSA) is 79.9 Å². The van der Waals surface area contributed by atoms with E-state index in [-0.39, 0.29) is 17.1 Å². The average Bonchev–Trinajstić information content (AvgIpc) is 2.86. The van der Waals surface area contributed by atoms with Crippen LogP contribution in [0.1, 0.15) is 43.1 Å². The van der Waals surface area contributed by atoms with Crippen molar-refractivity contribution in [3.63, 3.8) is 0 Å². The van der Waals surface area contributed by atoms with Crippen molar-refractivity contribution in [2.75, 3.05) is 19.8 Å². The molecule has 0 unspecified atom stereocenters. The van der Waals surface area contributed by atoms with Gasteiger partial charge < -0.3 is 10.1 Å². The Morgan fingerprint density at radius 1 is 1.50 bits per heavy atom. The van der Waals surface area contributed by atoms with Gasteiger partial charge in [0.05, 0.1) is 0 Å². The molecular formula is C12H20N4O2. The van der Waals surface area contributed by atoms with E-state index >= 15 is 0 Å². The number of aryl methyl sites for hydroxylation is 1. The summed E-state index contributed by atoms with van der Waals surface area (Å²) >= 11 is 0. The van der Waals surface area contributed by atoms with Crippen LogP contribution in [0.3, 0.4) is 0 Å². The first kappa shape index (κ1) is 13.0. The summed E-state index contributed by atoms with van der Waals surface area (Å²) in [6, 6.07) is 0. The van der Waals surface area contributed by atoms with Gasteiger partial charge in [0.1, 0.15) is 5.82 Å². The number of amides is 1. The van der Waals surface area contributed by atoms with E-state index in [0.717, 1.165) is 38.3 Å². The fraction of sp³-hybridized carbons (Fsp3) is 0.750. The predicted molar refractivity (Wildman–Crippen MR) is 66.3 cm³/mol. The van der Waals surface area contributed by atoms with Crippen LogP contribution in [0, 0.1) is 5.41 Å². The van der Waals surface area contributed by atoms with E-state index in [1.54, 1.807) is 0 Å². The summed E-state index contributed by atoms with van der Waals surface area (Å²) in [5.41, 5.74) is 0.123. The van der Waals surface area contributed by atoms with Gasteiger partial charge in [-0.1, -0.05) is 13.8 Å². The lowest BCUT2D eigenvalue weighted by Crippen LogP contribution is -2.39. The zero-order valence-corrected chi connectivity index (χ0v) is 11.0. The number of hydrogen-bond donors (Lipinski definition) is 2. The van der Waals surface area contributed by atoms with E-state index in [9.17, 15) is 4.79 Å². The largest absolute Gasteiger partial charge is 0.381 e. The molecule has 1 amide bonds. The lowest BCUT2D eigenvalue weighted by molar-refractivity contribution is 0.0238. The first-order chi connectivity index (χ1) is 8.63. The van der Waals surface area contributed by atoms with E-state index in [1.807, 2.05) is 6.92 Å². The molecule has 0 saturated carbocycles. The standard InChI is InChI=1S/C12H20N4O2/c1-3-9-14-10(16-15-9)11(17)13-8-12(2)4-6-18-7-5-12/h3-8H2,1-2H3,(H,13,17)(H,14,15,16). The average molecular weight is 252 g/mol. The van der Waals surface area contributed by atoms with Crippen molar-refractivity contribution in [3.8, 4) is 0 Å². The lowest BCUT2D eigenvalue weighted by Gasteiger charge is -2.33. The van der Waals surface area contributed by atoms with E-state index in [4.69, 9.17) is 4.74 Å². The third-order valence-corrected chi connectivity index (χ3v) is 3.45. The molecule has 0 aromatic carbocycles. The van der Waals surface area contributed by atoms with Gasteiger partial charge in [-0.25, -0.2) is 4.98 Å². The third-order valence-electron chi connectivity index (χ3n) is 3.45. The molecule has 2 heterocycles. The molecule has 100 valence electrons. The van der Waals surface area contributed by atoms with Crippen molar-refractivity contribution in [1.82, 2.24) is 20.5 Å². The summed E-state index contributed by atoms with van der Waals surface area (Å²) in [5, 5.41) is 9.55. The summed E-state index contributed by atoms with van der Waals surface area (Å²) in [4.78, 5) is 16.0. The fourth-order valence-corrected chi connectivity index (χ4v) is 1.97. The molecule has 1 aliphatic heterocycles. The molecule has 1 aromatic rings. The first-order valence-corrected chi connectivity index (χ1v) is 6.40. The Bertz CT molecular complexity index is 410. The number of ether oxygens (including phenoxy) is 1. The van der Waals surface area contributed by atoms with Crippen LogP contribution in [0.5, 0.6) is 0 Å². The van der Waals surface area contributed by atoms with Crippen LogP contribution in [0.2, 0.25) is 0 Å². The van der Waals surface area contributed by atoms with E-state index in [0.29, 0.717) is 6.54 Å². The van der Waals surface area contributed by atoms with Crippen molar-refractivity contribution in [2.45, 2.75) is 33.1 Å². The van der Waals surface area contributed by atoms with Gasteiger partial charge in [0.2, 0.25) is 5.82 Å². The van der Waals surface area contributed by atoms with Gasteiger partial charge in [0.15, 0.2) is 0 Å². The number of nitrogens with one attached hydrogen (secondary N) is 2.